The SMILES string of the molecule is CS(=O)(=O)N1CCN(c2cccc(CNc3nc(Nc4cccc(C(F)(F)F)c4)nc(OCC(F)(F)F)n3)c2)CC1. The topological polar surface area (TPSA) is 113 Å². The molecule has 222 valence electrons. The molecule has 2 heterocycles. The van der Waals surface area contributed by atoms with Gasteiger partial charge in [-0.05, 0) is 35.9 Å². The Morgan fingerprint density at radius 3 is 2.24 bits per heavy atom. The molecule has 0 aliphatic carbocycles. The quantitative estimate of drug-likeness (QED) is 0.346. The summed E-state index contributed by atoms with van der Waals surface area (Å²) in [7, 11) is -3.28. The number of nitrogens with one attached hydrogen (secondary N) is 2. The second-order valence-corrected chi connectivity index (χ2v) is 11.0. The Balaban J connectivity index is 1.49. The fraction of sp³-hybridized carbons (Fsp3) is 0.375. The van der Waals surface area contributed by atoms with Gasteiger partial charge in [-0.1, -0.05) is 18.2 Å². The first kappa shape index (κ1) is 30.1. The molecule has 0 atom stereocenters. The lowest BCUT2D eigenvalue weighted by Crippen LogP contribution is -2.48. The summed E-state index contributed by atoms with van der Waals surface area (Å²) in [6, 6.07) is 10.7. The number of hydrogen-bond acceptors (Lipinski definition) is 9. The summed E-state index contributed by atoms with van der Waals surface area (Å²) in [5.74, 6) is -0.518. The van der Waals surface area contributed by atoms with Crippen LogP contribution in [0.3, 0.4) is 0 Å². The van der Waals surface area contributed by atoms with Crippen molar-refractivity contribution in [1.29, 1.82) is 0 Å². The number of ether oxygens (including phenoxy) is 1. The Labute approximate surface area is 231 Å². The Morgan fingerprint density at radius 1 is 0.902 bits per heavy atom. The van der Waals surface area contributed by atoms with Gasteiger partial charge < -0.3 is 20.3 Å². The van der Waals surface area contributed by atoms with Crippen molar-refractivity contribution >= 4 is 33.3 Å². The molecule has 0 bridgehead atoms. The van der Waals surface area contributed by atoms with Crippen molar-refractivity contribution in [3.05, 3.63) is 59.7 Å². The summed E-state index contributed by atoms with van der Waals surface area (Å²) in [5, 5.41) is 5.41. The molecule has 0 saturated carbocycles. The van der Waals surface area contributed by atoms with Crippen LogP contribution in [0.15, 0.2) is 48.5 Å². The number of rotatable bonds is 9. The summed E-state index contributed by atoms with van der Waals surface area (Å²) in [6.45, 7) is 0.101. The first-order valence-corrected chi connectivity index (χ1v) is 13.9. The molecular formula is C24H25F6N7O3S. The summed E-state index contributed by atoms with van der Waals surface area (Å²) >= 11 is 0. The van der Waals surface area contributed by atoms with E-state index >= 15 is 0 Å². The van der Waals surface area contributed by atoms with E-state index in [-0.39, 0.29) is 24.1 Å². The first-order chi connectivity index (χ1) is 19.2. The summed E-state index contributed by atoms with van der Waals surface area (Å²) in [4.78, 5) is 13.7. The van der Waals surface area contributed by atoms with Crippen LogP contribution in [-0.4, -0.2) is 72.9 Å². The summed E-state index contributed by atoms with van der Waals surface area (Å²) in [6.07, 6.45) is -8.13. The van der Waals surface area contributed by atoms with Gasteiger partial charge in [-0.3, -0.25) is 0 Å². The Kier molecular flexibility index (Phi) is 8.77. The Hall–Kier alpha value is -3.86. The predicted octanol–water partition coefficient (Wildman–Crippen LogP) is 4.27. The van der Waals surface area contributed by atoms with Gasteiger partial charge in [-0.25, -0.2) is 8.42 Å². The van der Waals surface area contributed by atoms with E-state index in [2.05, 4.69) is 30.3 Å². The van der Waals surface area contributed by atoms with E-state index in [0.717, 1.165) is 35.7 Å². The zero-order valence-corrected chi connectivity index (χ0v) is 22.3. The fourth-order valence-corrected chi connectivity index (χ4v) is 4.75. The number of sulfonamides is 1. The predicted molar refractivity (Wildman–Crippen MR) is 139 cm³/mol. The van der Waals surface area contributed by atoms with Crippen LogP contribution in [0.25, 0.3) is 0 Å². The lowest BCUT2D eigenvalue weighted by atomic mass is 10.1. The van der Waals surface area contributed by atoms with E-state index in [1.807, 2.05) is 17.0 Å². The Morgan fingerprint density at radius 2 is 1.59 bits per heavy atom. The molecule has 1 fully saturated rings. The van der Waals surface area contributed by atoms with Crippen LogP contribution < -0.4 is 20.3 Å². The number of hydrogen-bond donors (Lipinski definition) is 2. The summed E-state index contributed by atoms with van der Waals surface area (Å²) in [5.41, 5.74) is 0.594. The standard InChI is InChI=1S/C24H25F6N7O3S/c1-41(38,39)37-10-8-36(9-11-37)19-7-2-4-16(12-19)14-31-20-33-21(35-22(34-20)40-15-23(25,26)27)32-18-6-3-5-17(13-18)24(28,29)30/h2-7,12-13H,8-11,14-15H2,1H3,(H2,31,32,33,34,35). The molecule has 4 rings (SSSR count). The van der Waals surface area contributed by atoms with Crippen LogP contribution in [0, 0.1) is 0 Å². The number of piperazine rings is 1. The maximum Gasteiger partial charge on any atom is 0.422 e. The third kappa shape index (κ3) is 8.81. The molecular weight excluding hydrogens is 580 g/mol. The molecule has 2 aromatic carbocycles. The second-order valence-electron chi connectivity index (χ2n) is 9.05. The van der Waals surface area contributed by atoms with Crippen LogP contribution in [0.2, 0.25) is 0 Å². The van der Waals surface area contributed by atoms with Gasteiger partial charge in [-0.2, -0.15) is 45.6 Å². The maximum absolute atomic E-state index is 13.1. The maximum atomic E-state index is 13.1. The third-order valence-electron chi connectivity index (χ3n) is 5.86. The highest BCUT2D eigenvalue weighted by molar-refractivity contribution is 7.88. The summed E-state index contributed by atoms with van der Waals surface area (Å²) < 4.78 is 107. The zero-order chi connectivity index (χ0) is 29.8. The number of aromatic nitrogens is 3. The highest BCUT2D eigenvalue weighted by atomic mass is 32.2. The van der Waals surface area contributed by atoms with Gasteiger partial charge >= 0.3 is 18.4 Å². The van der Waals surface area contributed by atoms with Crippen LogP contribution in [-0.2, 0) is 22.7 Å². The molecule has 2 N–H and O–H groups in total. The molecule has 1 aliphatic rings. The van der Waals surface area contributed by atoms with Gasteiger partial charge in [0.25, 0.3) is 0 Å². The average Bonchev–Trinajstić information content (AvgIpc) is 2.90. The smallest absolute Gasteiger partial charge is 0.422 e. The van der Waals surface area contributed by atoms with Crippen molar-refractivity contribution in [3.63, 3.8) is 0 Å². The normalized spacial score (nSPS) is 15.0. The minimum atomic E-state index is -4.68. The molecule has 3 aromatic rings. The molecule has 0 amide bonds. The van der Waals surface area contributed by atoms with Crippen molar-refractivity contribution in [1.82, 2.24) is 19.3 Å². The molecule has 0 unspecified atom stereocenters. The van der Waals surface area contributed by atoms with E-state index in [1.54, 1.807) is 12.1 Å². The average molecular weight is 606 g/mol. The number of anilines is 4. The third-order valence-corrected chi connectivity index (χ3v) is 7.16. The zero-order valence-electron chi connectivity index (χ0n) is 21.5. The van der Waals surface area contributed by atoms with Crippen molar-refractivity contribution < 1.29 is 39.5 Å². The largest absolute Gasteiger partial charge is 0.454 e. The van der Waals surface area contributed by atoms with Crippen LogP contribution >= 0.6 is 0 Å². The van der Waals surface area contributed by atoms with Gasteiger partial charge in [0.05, 0.1) is 11.8 Å². The minimum Gasteiger partial charge on any atom is -0.454 e. The van der Waals surface area contributed by atoms with Gasteiger partial charge in [-0.15, -0.1) is 0 Å². The van der Waals surface area contributed by atoms with Gasteiger partial charge in [0, 0.05) is 44.1 Å². The fourth-order valence-electron chi connectivity index (χ4n) is 3.93. The van der Waals surface area contributed by atoms with Crippen molar-refractivity contribution in [2.24, 2.45) is 0 Å². The molecule has 17 heteroatoms. The molecule has 1 aliphatic heterocycles. The monoisotopic (exact) mass is 605 g/mol. The van der Waals surface area contributed by atoms with Crippen molar-refractivity contribution in [2.45, 2.75) is 18.9 Å². The minimum absolute atomic E-state index is 0.0533. The molecule has 0 spiro atoms. The number of nitrogens with zero attached hydrogens (tertiary/aromatic N) is 5. The van der Waals surface area contributed by atoms with E-state index in [9.17, 15) is 34.8 Å². The van der Waals surface area contributed by atoms with E-state index in [4.69, 9.17) is 0 Å². The van der Waals surface area contributed by atoms with Crippen LogP contribution in [0.1, 0.15) is 11.1 Å². The number of alkyl halides is 6. The van der Waals surface area contributed by atoms with Gasteiger partial charge in [0.1, 0.15) is 0 Å². The van der Waals surface area contributed by atoms with E-state index in [0.29, 0.717) is 26.2 Å². The first-order valence-electron chi connectivity index (χ1n) is 12.1. The number of halogens is 6. The lowest BCUT2D eigenvalue weighted by Gasteiger charge is -2.34. The van der Waals surface area contributed by atoms with Gasteiger partial charge in [0.15, 0.2) is 6.61 Å². The van der Waals surface area contributed by atoms with Crippen LogP contribution in [0.4, 0.5) is 49.6 Å². The molecule has 0 radical (unpaired) electrons. The molecule has 41 heavy (non-hydrogen) atoms. The number of benzene rings is 2. The second kappa shape index (κ2) is 11.9. The van der Waals surface area contributed by atoms with Gasteiger partial charge in [0.2, 0.25) is 21.9 Å². The molecule has 1 aromatic heterocycles. The van der Waals surface area contributed by atoms with E-state index < -0.39 is 40.6 Å². The molecule has 10 nitrogen and oxygen atoms in total. The van der Waals surface area contributed by atoms with Crippen molar-refractivity contribution in [2.75, 3.05) is 54.6 Å². The highest BCUT2D eigenvalue weighted by Gasteiger charge is 2.31. The van der Waals surface area contributed by atoms with Crippen molar-refractivity contribution in [3.8, 4) is 6.01 Å². The van der Waals surface area contributed by atoms with Crippen LogP contribution in [0.5, 0.6) is 6.01 Å². The molecule has 1 saturated heterocycles. The highest BCUT2D eigenvalue weighted by Crippen LogP contribution is 2.31. The van der Waals surface area contributed by atoms with E-state index in [1.165, 1.54) is 10.4 Å². The lowest BCUT2D eigenvalue weighted by molar-refractivity contribution is -0.154. The Bertz CT molecular complexity index is 1460.